The van der Waals surface area contributed by atoms with E-state index < -0.39 is 0 Å². The number of benzene rings is 2. The van der Waals surface area contributed by atoms with Crippen LogP contribution in [0, 0.1) is 6.92 Å². The zero-order chi connectivity index (χ0) is 19.4. The number of nitrogens with one attached hydrogen (secondary N) is 1. The number of amides is 1. The number of aromatic hydroxyl groups is 1. The Kier molecular flexibility index (Phi) is 5.25. The van der Waals surface area contributed by atoms with E-state index in [1.807, 2.05) is 35.8 Å². The maximum atomic E-state index is 12.2. The van der Waals surface area contributed by atoms with Crippen molar-refractivity contribution in [3.8, 4) is 17.2 Å². The zero-order valence-corrected chi connectivity index (χ0v) is 15.3. The Labute approximate surface area is 156 Å². The molecule has 0 bridgehead atoms. The number of imidazole rings is 1. The Morgan fingerprint density at radius 1 is 1.26 bits per heavy atom. The van der Waals surface area contributed by atoms with E-state index in [1.54, 1.807) is 12.1 Å². The number of methoxy groups -OCH3 is 2. The minimum absolute atomic E-state index is 0.0938. The van der Waals surface area contributed by atoms with Crippen LogP contribution in [0.4, 0.5) is 0 Å². The number of carbonyl (C=O) groups is 1. The van der Waals surface area contributed by atoms with Crippen molar-refractivity contribution in [2.75, 3.05) is 14.2 Å². The summed E-state index contributed by atoms with van der Waals surface area (Å²) in [5.74, 6) is 0.882. The van der Waals surface area contributed by atoms with Gasteiger partial charge in [-0.1, -0.05) is 12.1 Å². The number of phenols is 1. The van der Waals surface area contributed by atoms with Crippen molar-refractivity contribution in [1.82, 2.24) is 15.0 Å². The highest BCUT2D eigenvalue weighted by molar-refractivity contribution is 5.85. The number of phenolic OH excluding ortho intramolecular Hbond substituents is 1. The SMILES string of the molecule is COc1cc(/C=N/NC(=O)Cn2c(C)nc3ccccc32)cc(OC)c1O. The third-order valence-electron chi connectivity index (χ3n) is 4.05. The van der Waals surface area contributed by atoms with Crippen LogP contribution in [0.1, 0.15) is 11.4 Å². The number of carbonyl (C=O) groups excluding carboxylic acids is 1. The van der Waals surface area contributed by atoms with Crippen molar-refractivity contribution in [3.63, 3.8) is 0 Å². The van der Waals surface area contributed by atoms with Crippen molar-refractivity contribution in [1.29, 1.82) is 0 Å². The second kappa shape index (κ2) is 7.77. The fourth-order valence-corrected chi connectivity index (χ4v) is 2.74. The zero-order valence-electron chi connectivity index (χ0n) is 15.3. The quantitative estimate of drug-likeness (QED) is 0.514. The monoisotopic (exact) mass is 368 g/mol. The smallest absolute Gasteiger partial charge is 0.260 e. The van der Waals surface area contributed by atoms with Gasteiger partial charge in [0.15, 0.2) is 11.5 Å². The van der Waals surface area contributed by atoms with Crippen LogP contribution in [0.5, 0.6) is 17.2 Å². The van der Waals surface area contributed by atoms with Gasteiger partial charge in [-0.05, 0) is 31.2 Å². The molecule has 1 aromatic heterocycles. The Balaban J connectivity index is 1.71. The number of para-hydroxylation sites is 2. The Morgan fingerprint density at radius 2 is 1.93 bits per heavy atom. The first-order valence-corrected chi connectivity index (χ1v) is 8.22. The molecule has 0 aliphatic rings. The summed E-state index contributed by atoms with van der Waals surface area (Å²) in [7, 11) is 2.88. The van der Waals surface area contributed by atoms with Gasteiger partial charge in [0.05, 0.1) is 31.5 Å². The molecule has 0 aliphatic heterocycles. The molecule has 0 unspecified atom stereocenters. The summed E-state index contributed by atoms with van der Waals surface area (Å²) in [5, 5.41) is 13.9. The van der Waals surface area contributed by atoms with Crippen LogP contribution < -0.4 is 14.9 Å². The molecule has 0 spiro atoms. The van der Waals surface area contributed by atoms with Gasteiger partial charge in [-0.3, -0.25) is 4.79 Å². The van der Waals surface area contributed by atoms with Crippen LogP contribution in [0.2, 0.25) is 0 Å². The summed E-state index contributed by atoms with van der Waals surface area (Å²) in [6.45, 7) is 1.96. The predicted molar refractivity (Wildman–Crippen MR) is 101 cm³/mol. The molecule has 0 saturated heterocycles. The first-order valence-electron chi connectivity index (χ1n) is 8.22. The van der Waals surface area contributed by atoms with Crippen LogP contribution in [0.25, 0.3) is 11.0 Å². The number of nitrogens with zero attached hydrogens (tertiary/aromatic N) is 3. The third kappa shape index (κ3) is 3.84. The molecule has 8 nitrogen and oxygen atoms in total. The fourth-order valence-electron chi connectivity index (χ4n) is 2.74. The third-order valence-corrected chi connectivity index (χ3v) is 4.05. The molecular formula is C19H20N4O4. The maximum absolute atomic E-state index is 12.2. The van der Waals surface area contributed by atoms with E-state index in [-0.39, 0.29) is 29.7 Å². The van der Waals surface area contributed by atoms with Gasteiger partial charge in [-0.2, -0.15) is 5.10 Å². The van der Waals surface area contributed by atoms with E-state index in [0.717, 1.165) is 16.9 Å². The molecule has 0 atom stereocenters. The van der Waals surface area contributed by atoms with Crippen LogP contribution in [-0.4, -0.2) is 41.0 Å². The lowest BCUT2D eigenvalue weighted by Crippen LogP contribution is -2.23. The van der Waals surface area contributed by atoms with Gasteiger partial charge in [-0.25, -0.2) is 10.4 Å². The largest absolute Gasteiger partial charge is 0.502 e. The number of fused-ring (bicyclic) bond motifs is 1. The van der Waals surface area contributed by atoms with Crippen molar-refractivity contribution >= 4 is 23.2 Å². The van der Waals surface area contributed by atoms with Crippen LogP contribution in [0.15, 0.2) is 41.5 Å². The minimum atomic E-state index is -0.282. The highest BCUT2D eigenvalue weighted by Gasteiger charge is 2.11. The van der Waals surface area contributed by atoms with E-state index >= 15 is 0 Å². The highest BCUT2D eigenvalue weighted by Crippen LogP contribution is 2.36. The lowest BCUT2D eigenvalue weighted by molar-refractivity contribution is -0.121. The van der Waals surface area contributed by atoms with Gasteiger partial charge < -0.3 is 19.1 Å². The van der Waals surface area contributed by atoms with Gasteiger partial charge in [-0.15, -0.1) is 0 Å². The number of hydrogen-bond donors (Lipinski definition) is 2. The molecule has 2 aromatic carbocycles. The molecule has 1 heterocycles. The average Bonchev–Trinajstić information content (AvgIpc) is 2.98. The average molecular weight is 368 g/mol. The maximum Gasteiger partial charge on any atom is 0.260 e. The Bertz CT molecular complexity index is 985. The molecule has 140 valence electrons. The van der Waals surface area contributed by atoms with Crippen LogP contribution in [-0.2, 0) is 11.3 Å². The predicted octanol–water partition coefficient (Wildman–Crippen LogP) is 2.22. The first-order chi connectivity index (χ1) is 13.0. The van der Waals surface area contributed by atoms with E-state index in [1.165, 1.54) is 20.4 Å². The van der Waals surface area contributed by atoms with E-state index in [0.29, 0.717) is 5.56 Å². The molecule has 0 fully saturated rings. The van der Waals surface area contributed by atoms with Gasteiger partial charge in [0, 0.05) is 5.56 Å². The number of ether oxygens (including phenoxy) is 2. The number of hydrazone groups is 1. The molecule has 1 amide bonds. The lowest BCUT2D eigenvalue weighted by atomic mass is 10.2. The highest BCUT2D eigenvalue weighted by atomic mass is 16.5. The first kappa shape index (κ1) is 18.2. The van der Waals surface area contributed by atoms with Gasteiger partial charge >= 0.3 is 0 Å². The summed E-state index contributed by atoms with van der Waals surface area (Å²) < 4.78 is 12.0. The Hall–Kier alpha value is -3.55. The normalized spacial score (nSPS) is 11.1. The molecule has 0 aliphatic carbocycles. The number of aromatic nitrogens is 2. The molecule has 0 radical (unpaired) electrons. The summed E-state index contributed by atoms with van der Waals surface area (Å²) in [6, 6.07) is 10.8. The van der Waals surface area contributed by atoms with E-state index in [2.05, 4.69) is 15.5 Å². The van der Waals surface area contributed by atoms with Gasteiger partial charge in [0.25, 0.3) is 5.91 Å². The van der Waals surface area contributed by atoms with Crippen LogP contribution in [0.3, 0.4) is 0 Å². The fraction of sp³-hybridized carbons (Fsp3) is 0.211. The molecule has 8 heteroatoms. The molecule has 27 heavy (non-hydrogen) atoms. The van der Waals surface area contributed by atoms with E-state index in [9.17, 15) is 9.90 Å². The summed E-state index contributed by atoms with van der Waals surface area (Å²) in [6.07, 6.45) is 1.45. The number of hydrogen-bond acceptors (Lipinski definition) is 6. The van der Waals surface area contributed by atoms with Gasteiger partial charge in [0.1, 0.15) is 12.4 Å². The molecule has 0 saturated carbocycles. The second-order valence-corrected chi connectivity index (χ2v) is 5.80. The van der Waals surface area contributed by atoms with E-state index in [4.69, 9.17) is 9.47 Å². The summed E-state index contributed by atoms with van der Waals surface area (Å²) >= 11 is 0. The molecular weight excluding hydrogens is 348 g/mol. The van der Waals surface area contributed by atoms with Crippen molar-refractivity contribution in [3.05, 3.63) is 47.8 Å². The molecule has 3 rings (SSSR count). The van der Waals surface area contributed by atoms with Crippen molar-refractivity contribution in [2.45, 2.75) is 13.5 Å². The topological polar surface area (TPSA) is 98.0 Å². The summed E-state index contributed by atoms with van der Waals surface area (Å²) in [4.78, 5) is 16.7. The standard InChI is InChI=1S/C19H20N4O4/c1-12-21-14-6-4-5-7-15(14)23(12)11-18(24)22-20-10-13-8-16(26-2)19(25)17(9-13)27-3/h4-10,25H,11H2,1-3H3,(H,22,24)/b20-10+. The van der Waals surface area contributed by atoms with Gasteiger partial charge in [0.2, 0.25) is 5.75 Å². The van der Waals surface area contributed by atoms with Crippen molar-refractivity contribution < 1.29 is 19.4 Å². The molecule has 2 N–H and O–H groups in total. The molecule has 3 aromatic rings. The summed E-state index contributed by atoms with van der Waals surface area (Å²) in [5.41, 5.74) is 4.82. The van der Waals surface area contributed by atoms with Crippen LogP contribution >= 0.6 is 0 Å². The second-order valence-electron chi connectivity index (χ2n) is 5.80. The van der Waals surface area contributed by atoms with Crippen molar-refractivity contribution in [2.24, 2.45) is 5.10 Å². The minimum Gasteiger partial charge on any atom is -0.502 e. The number of rotatable bonds is 6. The number of aryl methyl sites for hydroxylation is 1. The Morgan fingerprint density at radius 3 is 2.59 bits per heavy atom. The lowest BCUT2D eigenvalue weighted by Gasteiger charge is -2.09.